The quantitative estimate of drug-likeness (QED) is 0.847. The molecule has 2 heterocycles. The molecule has 1 aromatic carbocycles. The van der Waals surface area contributed by atoms with E-state index in [1.807, 2.05) is 18.2 Å². The van der Waals surface area contributed by atoms with E-state index in [1.165, 1.54) is 12.0 Å². The highest BCUT2D eigenvalue weighted by Crippen LogP contribution is 2.35. The summed E-state index contributed by atoms with van der Waals surface area (Å²) < 4.78 is 5.45. The van der Waals surface area contributed by atoms with Crippen LogP contribution in [-0.2, 0) is 10.2 Å². The van der Waals surface area contributed by atoms with Gasteiger partial charge in [-0.05, 0) is 43.8 Å². The summed E-state index contributed by atoms with van der Waals surface area (Å²) in [5.41, 5.74) is 0.913. The van der Waals surface area contributed by atoms with Gasteiger partial charge >= 0.3 is 0 Å². The van der Waals surface area contributed by atoms with Crippen LogP contribution in [0.1, 0.15) is 24.8 Å². The minimum Gasteiger partial charge on any atom is -0.381 e. The third-order valence-electron chi connectivity index (χ3n) is 4.79. The molecule has 3 nitrogen and oxygen atoms in total. The second-order valence-electron chi connectivity index (χ2n) is 6.09. The maximum absolute atomic E-state index is 9.68. The number of benzene rings is 1. The summed E-state index contributed by atoms with van der Waals surface area (Å²) in [6.07, 6.45) is 3.08. The van der Waals surface area contributed by atoms with Gasteiger partial charge in [0.05, 0.1) is 18.1 Å². The summed E-state index contributed by atoms with van der Waals surface area (Å²) in [7, 11) is 0. The average molecular weight is 270 g/mol. The fourth-order valence-electron chi connectivity index (χ4n) is 3.43. The van der Waals surface area contributed by atoms with Crippen molar-refractivity contribution in [2.24, 2.45) is 5.92 Å². The zero-order valence-corrected chi connectivity index (χ0v) is 11.9. The van der Waals surface area contributed by atoms with Crippen molar-refractivity contribution >= 4 is 0 Å². The number of likely N-dealkylation sites (tertiary alicyclic amines) is 1. The Hall–Kier alpha value is -1.37. The topological polar surface area (TPSA) is 36.3 Å². The SMILES string of the molecule is N#CC1(c2ccccc2)CCN(C[C@H]2CCOC2)CC1. The van der Waals surface area contributed by atoms with Crippen molar-refractivity contribution in [1.29, 1.82) is 5.26 Å². The number of piperidine rings is 1. The summed E-state index contributed by atoms with van der Waals surface area (Å²) in [6, 6.07) is 12.9. The third-order valence-corrected chi connectivity index (χ3v) is 4.79. The highest BCUT2D eigenvalue weighted by atomic mass is 16.5. The molecular weight excluding hydrogens is 248 g/mol. The Kier molecular flexibility index (Phi) is 4.05. The van der Waals surface area contributed by atoms with Crippen molar-refractivity contribution in [1.82, 2.24) is 4.90 Å². The van der Waals surface area contributed by atoms with Crippen molar-refractivity contribution in [2.45, 2.75) is 24.7 Å². The Morgan fingerprint density at radius 3 is 2.60 bits per heavy atom. The molecule has 0 spiro atoms. The van der Waals surface area contributed by atoms with Crippen LogP contribution in [-0.4, -0.2) is 37.7 Å². The van der Waals surface area contributed by atoms with E-state index in [2.05, 4.69) is 23.1 Å². The number of nitrogens with zero attached hydrogens (tertiary/aromatic N) is 2. The Bertz CT molecular complexity index is 466. The van der Waals surface area contributed by atoms with Crippen LogP contribution < -0.4 is 0 Å². The van der Waals surface area contributed by atoms with Crippen LogP contribution in [0.4, 0.5) is 0 Å². The molecule has 2 aliphatic heterocycles. The molecule has 0 amide bonds. The lowest BCUT2D eigenvalue weighted by Crippen LogP contribution is -2.43. The zero-order chi connectivity index (χ0) is 13.8. The van der Waals surface area contributed by atoms with Gasteiger partial charge in [0.2, 0.25) is 0 Å². The predicted octanol–water partition coefficient (Wildman–Crippen LogP) is 2.58. The first-order valence-corrected chi connectivity index (χ1v) is 7.59. The first-order chi connectivity index (χ1) is 9.82. The third kappa shape index (κ3) is 2.72. The number of nitriles is 1. The lowest BCUT2D eigenvalue weighted by molar-refractivity contribution is 0.141. The smallest absolute Gasteiger partial charge is 0.0846 e. The van der Waals surface area contributed by atoms with Gasteiger partial charge in [-0.3, -0.25) is 0 Å². The monoisotopic (exact) mass is 270 g/mol. The summed E-state index contributed by atoms with van der Waals surface area (Å²) >= 11 is 0. The van der Waals surface area contributed by atoms with Crippen LogP contribution in [0.25, 0.3) is 0 Å². The molecule has 106 valence electrons. The average Bonchev–Trinajstić information content (AvgIpc) is 3.02. The largest absolute Gasteiger partial charge is 0.381 e. The fourth-order valence-corrected chi connectivity index (χ4v) is 3.43. The highest BCUT2D eigenvalue weighted by Gasteiger charge is 2.36. The van der Waals surface area contributed by atoms with Crippen molar-refractivity contribution in [3.05, 3.63) is 35.9 Å². The van der Waals surface area contributed by atoms with E-state index in [-0.39, 0.29) is 5.41 Å². The minimum absolute atomic E-state index is 0.274. The summed E-state index contributed by atoms with van der Waals surface area (Å²) in [4.78, 5) is 2.51. The van der Waals surface area contributed by atoms with Gasteiger partial charge in [-0.2, -0.15) is 5.26 Å². The van der Waals surface area contributed by atoms with Crippen molar-refractivity contribution in [2.75, 3.05) is 32.8 Å². The van der Waals surface area contributed by atoms with Crippen LogP contribution in [0.2, 0.25) is 0 Å². The Morgan fingerprint density at radius 1 is 1.25 bits per heavy atom. The van der Waals surface area contributed by atoms with Gasteiger partial charge in [0.25, 0.3) is 0 Å². The Balaban J connectivity index is 1.63. The summed E-state index contributed by atoms with van der Waals surface area (Å²) in [5, 5.41) is 9.68. The van der Waals surface area contributed by atoms with E-state index < -0.39 is 0 Å². The number of ether oxygens (including phenoxy) is 1. The molecule has 0 aromatic heterocycles. The number of hydrogen-bond donors (Lipinski definition) is 0. The van der Waals surface area contributed by atoms with E-state index in [0.29, 0.717) is 5.92 Å². The molecule has 0 saturated carbocycles. The molecule has 3 heteroatoms. The van der Waals surface area contributed by atoms with Crippen LogP contribution in [0.15, 0.2) is 30.3 Å². The van der Waals surface area contributed by atoms with Gasteiger partial charge in [0.1, 0.15) is 0 Å². The van der Waals surface area contributed by atoms with Crippen LogP contribution in [0, 0.1) is 17.2 Å². The maximum atomic E-state index is 9.68. The molecule has 2 aliphatic rings. The normalized spacial score (nSPS) is 26.2. The summed E-state index contributed by atoms with van der Waals surface area (Å²) in [6.45, 7) is 5.03. The van der Waals surface area contributed by atoms with E-state index >= 15 is 0 Å². The number of rotatable bonds is 3. The minimum atomic E-state index is -0.274. The van der Waals surface area contributed by atoms with Gasteiger partial charge in [0, 0.05) is 13.2 Å². The van der Waals surface area contributed by atoms with Gasteiger partial charge in [-0.15, -0.1) is 0 Å². The first kappa shape index (κ1) is 13.6. The van der Waals surface area contributed by atoms with Crippen molar-refractivity contribution in [3.8, 4) is 6.07 Å². The van der Waals surface area contributed by atoms with Crippen LogP contribution in [0.5, 0.6) is 0 Å². The van der Waals surface area contributed by atoms with Crippen molar-refractivity contribution < 1.29 is 4.74 Å². The van der Waals surface area contributed by atoms with Crippen molar-refractivity contribution in [3.63, 3.8) is 0 Å². The first-order valence-electron chi connectivity index (χ1n) is 7.59. The molecule has 0 N–H and O–H groups in total. The lowest BCUT2D eigenvalue weighted by atomic mass is 9.74. The second kappa shape index (κ2) is 5.95. The predicted molar refractivity (Wildman–Crippen MR) is 78.3 cm³/mol. The molecule has 2 fully saturated rings. The van der Waals surface area contributed by atoms with Gasteiger partial charge in [-0.1, -0.05) is 30.3 Å². The maximum Gasteiger partial charge on any atom is 0.0846 e. The van der Waals surface area contributed by atoms with Gasteiger partial charge in [-0.25, -0.2) is 0 Å². The van der Waals surface area contributed by atoms with Crippen LogP contribution >= 0.6 is 0 Å². The molecule has 0 radical (unpaired) electrons. The Morgan fingerprint density at radius 2 is 2.00 bits per heavy atom. The molecule has 0 bridgehead atoms. The Labute approximate surface area is 121 Å². The zero-order valence-electron chi connectivity index (χ0n) is 11.9. The van der Waals surface area contributed by atoms with E-state index in [0.717, 1.165) is 45.7 Å². The highest BCUT2D eigenvalue weighted by molar-refractivity contribution is 5.33. The molecule has 20 heavy (non-hydrogen) atoms. The molecule has 3 rings (SSSR count). The van der Waals surface area contributed by atoms with E-state index in [4.69, 9.17) is 4.74 Å². The van der Waals surface area contributed by atoms with Gasteiger partial charge < -0.3 is 9.64 Å². The van der Waals surface area contributed by atoms with E-state index in [1.54, 1.807) is 0 Å². The van der Waals surface area contributed by atoms with Gasteiger partial charge in [0.15, 0.2) is 0 Å². The molecule has 2 saturated heterocycles. The molecule has 1 aromatic rings. The lowest BCUT2D eigenvalue weighted by Gasteiger charge is -2.38. The second-order valence-corrected chi connectivity index (χ2v) is 6.09. The van der Waals surface area contributed by atoms with Crippen LogP contribution in [0.3, 0.4) is 0 Å². The standard InChI is InChI=1S/C17H22N2O/c18-14-17(16-4-2-1-3-5-16)7-9-19(10-8-17)12-15-6-11-20-13-15/h1-5,15H,6-13H2/t15-/m1/s1. The fraction of sp³-hybridized carbons (Fsp3) is 0.588. The molecule has 0 aliphatic carbocycles. The molecule has 0 unspecified atom stereocenters. The molecular formula is C17H22N2O. The summed E-state index contributed by atoms with van der Waals surface area (Å²) in [5.74, 6) is 0.696. The van der Waals surface area contributed by atoms with E-state index in [9.17, 15) is 5.26 Å². The number of hydrogen-bond acceptors (Lipinski definition) is 3. The molecule has 1 atom stereocenters.